The monoisotopic (exact) mass is 266 g/mol. The lowest BCUT2D eigenvalue weighted by Gasteiger charge is -2.34. The molecule has 1 aliphatic rings. The summed E-state index contributed by atoms with van der Waals surface area (Å²) in [5.74, 6) is 0.645. The van der Waals surface area contributed by atoms with E-state index >= 15 is 0 Å². The molecular formula is C12H18N4OS. The van der Waals surface area contributed by atoms with E-state index in [0.29, 0.717) is 22.0 Å². The molecular weight excluding hydrogens is 248 g/mol. The second-order valence-electron chi connectivity index (χ2n) is 4.52. The summed E-state index contributed by atoms with van der Waals surface area (Å²) >= 11 is 1.92. The Kier molecular flexibility index (Phi) is 4.06. The summed E-state index contributed by atoms with van der Waals surface area (Å²) < 4.78 is 0. The van der Waals surface area contributed by atoms with Crippen molar-refractivity contribution in [3.8, 4) is 0 Å². The summed E-state index contributed by atoms with van der Waals surface area (Å²) in [5, 5.41) is 11.7. The molecule has 0 spiro atoms. The number of amides is 1. The van der Waals surface area contributed by atoms with Crippen LogP contribution < -0.4 is 5.32 Å². The summed E-state index contributed by atoms with van der Waals surface area (Å²) in [7, 11) is 1.77. The van der Waals surface area contributed by atoms with E-state index in [0.717, 1.165) is 13.1 Å². The predicted octanol–water partition coefficient (Wildman–Crippen LogP) is 1.48. The van der Waals surface area contributed by atoms with Crippen molar-refractivity contribution in [2.24, 2.45) is 0 Å². The summed E-state index contributed by atoms with van der Waals surface area (Å²) in [6.45, 7) is 5.86. The van der Waals surface area contributed by atoms with Gasteiger partial charge in [-0.25, -0.2) is 0 Å². The van der Waals surface area contributed by atoms with Gasteiger partial charge in [0.15, 0.2) is 5.69 Å². The van der Waals surface area contributed by atoms with Gasteiger partial charge in [0.1, 0.15) is 5.82 Å². The van der Waals surface area contributed by atoms with Crippen molar-refractivity contribution in [2.75, 3.05) is 25.5 Å². The van der Waals surface area contributed by atoms with Crippen LogP contribution in [0.4, 0.5) is 5.82 Å². The lowest BCUT2D eigenvalue weighted by molar-refractivity contribution is 0.0746. The summed E-state index contributed by atoms with van der Waals surface area (Å²) in [6.07, 6.45) is 0. The second kappa shape index (κ2) is 5.56. The third kappa shape index (κ3) is 2.93. The van der Waals surface area contributed by atoms with Gasteiger partial charge in [0.2, 0.25) is 0 Å². The quantitative estimate of drug-likeness (QED) is 0.878. The van der Waals surface area contributed by atoms with Gasteiger partial charge in [-0.15, -0.1) is 10.2 Å². The van der Waals surface area contributed by atoms with Crippen LogP contribution in [0, 0.1) is 0 Å². The molecule has 1 aromatic heterocycles. The molecule has 0 bridgehead atoms. The van der Waals surface area contributed by atoms with E-state index in [1.165, 1.54) is 0 Å². The fourth-order valence-electron chi connectivity index (χ4n) is 2.09. The van der Waals surface area contributed by atoms with E-state index in [1.54, 1.807) is 19.2 Å². The Morgan fingerprint density at radius 2 is 2.00 bits per heavy atom. The molecule has 6 heteroatoms. The van der Waals surface area contributed by atoms with Gasteiger partial charge in [0.25, 0.3) is 5.91 Å². The van der Waals surface area contributed by atoms with Crippen LogP contribution in [0.1, 0.15) is 24.3 Å². The Balaban J connectivity index is 2.09. The smallest absolute Gasteiger partial charge is 0.274 e. The zero-order valence-corrected chi connectivity index (χ0v) is 11.7. The largest absolute Gasteiger partial charge is 0.372 e. The normalized spacial score (nSPS) is 23.8. The van der Waals surface area contributed by atoms with Crippen LogP contribution in [0.5, 0.6) is 0 Å². The van der Waals surface area contributed by atoms with Crippen LogP contribution in [0.3, 0.4) is 0 Å². The first kappa shape index (κ1) is 13.1. The van der Waals surface area contributed by atoms with Gasteiger partial charge >= 0.3 is 0 Å². The SMILES string of the molecule is CNc1ccc(C(=O)N2CC(C)SC(C)C2)nn1. The van der Waals surface area contributed by atoms with Crippen molar-refractivity contribution in [3.05, 3.63) is 17.8 Å². The Labute approximate surface area is 111 Å². The molecule has 0 saturated carbocycles. The Hall–Kier alpha value is -1.30. The summed E-state index contributed by atoms with van der Waals surface area (Å²) in [6, 6.07) is 3.49. The molecule has 2 atom stereocenters. The van der Waals surface area contributed by atoms with Crippen LogP contribution >= 0.6 is 11.8 Å². The molecule has 1 aliphatic heterocycles. The highest BCUT2D eigenvalue weighted by molar-refractivity contribution is 8.00. The van der Waals surface area contributed by atoms with Gasteiger partial charge in [-0.3, -0.25) is 4.79 Å². The topological polar surface area (TPSA) is 58.1 Å². The minimum atomic E-state index is -0.0239. The number of carbonyl (C=O) groups excluding carboxylic acids is 1. The Morgan fingerprint density at radius 1 is 1.33 bits per heavy atom. The first-order valence-corrected chi connectivity index (χ1v) is 7.00. The molecule has 18 heavy (non-hydrogen) atoms. The van der Waals surface area contributed by atoms with E-state index in [4.69, 9.17) is 0 Å². The number of thioether (sulfide) groups is 1. The standard InChI is InChI=1S/C12H18N4OS/c1-8-6-16(7-9(2)18-8)12(17)10-4-5-11(13-3)15-14-10/h4-5,8-9H,6-7H2,1-3H3,(H,13,15). The molecule has 2 unspecified atom stereocenters. The van der Waals surface area contributed by atoms with Crippen molar-refractivity contribution < 1.29 is 4.79 Å². The highest BCUT2D eigenvalue weighted by Gasteiger charge is 2.27. The third-order valence-corrected chi connectivity index (χ3v) is 4.07. The number of anilines is 1. The maximum atomic E-state index is 12.3. The van der Waals surface area contributed by atoms with Crippen molar-refractivity contribution in [3.63, 3.8) is 0 Å². The van der Waals surface area contributed by atoms with E-state index in [9.17, 15) is 4.79 Å². The predicted molar refractivity (Wildman–Crippen MR) is 74.0 cm³/mol. The molecule has 1 aromatic rings. The molecule has 1 amide bonds. The van der Waals surface area contributed by atoms with Crippen molar-refractivity contribution in [1.29, 1.82) is 0 Å². The van der Waals surface area contributed by atoms with Gasteiger partial charge in [0.05, 0.1) is 0 Å². The highest BCUT2D eigenvalue weighted by atomic mass is 32.2. The number of rotatable bonds is 2. The molecule has 98 valence electrons. The lowest BCUT2D eigenvalue weighted by atomic mass is 10.2. The maximum absolute atomic E-state index is 12.3. The van der Waals surface area contributed by atoms with Gasteiger partial charge < -0.3 is 10.2 Å². The van der Waals surface area contributed by atoms with Crippen molar-refractivity contribution >= 4 is 23.5 Å². The van der Waals surface area contributed by atoms with Crippen LogP contribution in [-0.4, -0.2) is 51.6 Å². The first-order valence-electron chi connectivity index (χ1n) is 6.06. The summed E-state index contributed by atoms with van der Waals surface area (Å²) in [5.41, 5.74) is 0.417. The average Bonchev–Trinajstić information content (AvgIpc) is 2.37. The minimum absolute atomic E-state index is 0.0239. The molecule has 2 heterocycles. The molecule has 1 saturated heterocycles. The fourth-order valence-corrected chi connectivity index (χ4v) is 3.41. The third-order valence-electron chi connectivity index (χ3n) is 2.85. The van der Waals surface area contributed by atoms with Crippen molar-refractivity contribution in [1.82, 2.24) is 15.1 Å². The second-order valence-corrected chi connectivity index (χ2v) is 6.40. The van der Waals surface area contributed by atoms with Crippen LogP contribution in [0.2, 0.25) is 0 Å². The molecule has 1 N–H and O–H groups in total. The zero-order valence-electron chi connectivity index (χ0n) is 10.9. The maximum Gasteiger partial charge on any atom is 0.274 e. The number of hydrogen-bond acceptors (Lipinski definition) is 5. The van der Waals surface area contributed by atoms with Crippen molar-refractivity contribution in [2.45, 2.75) is 24.3 Å². The van der Waals surface area contributed by atoms with E-state index < -0.39 is 0 Å². The van der Waals surface area contributed by atoms with Crippen LogP contribution in [-0.2, 0) is 0 Å². The molecule has 0 aromatic carbocycles. The van der Waals surface area contributed by atoms with Crippen LogP contribution in [0.15, 0.2) is 12.1 Å². The zero-order chi connectivity index (χ0) is 13.1. The number of nitrogens with zero attached hydrogens (tertiary/aromatic N) is 3. The lowest BCUT2D eigenvalue weighted by Crippen LogP contribution is -2.44. The van der Waals surface area contributed by atoms with Gasteiger partial charge in [-0.2, -0.15) is 11.8 Å². The molecule has 0 radical (unpaired) electrons. The average molecular weight is 266 g/mol. The van der Waals surface area contributed by atoms with Gasteiger partial charge in [-0.1, -0.05) is 13.8 Å². The number of aromatic nitrogens is 2. The molecule has 5 nitrogen and oxygen atoms in total. The molecule has 1 fully saturated rings. The number of hydrogen-bond donors (Lipinski definition) is 1. The highest BCUT2D eigenvalue weighted by Crippen LogP contribution is 2.25. The fraction of sp³-hybridized carbons (Fsp3) is 0.583. The van der Waals surface area contributed by atoms with E-state index in [1.807, 2.05) is 16.7 Å². The van der Waals surface area contributed by atoms with Gasteiger partial charge in [-0.05, 0) is 12.1 Å². The number of carbonyl (C=O) groups is 1. The Bertz CT molecular complexity index is 413. The first-order chi connectivity index (χ1) is 8.60. The van der Waals surface area contributed by atoms with Crippen LogP contribution in [0.25, 0.3) is 0 Å². The summed E-state index contributed by atoms with van der Waals surface area (Å²) in [4.78, 5) is 14.2. The van der Waals surface area contributed by atoms with Gasteiger partial charge in [0, 0.05) is 30.6 Å². The number of nitrogens with one attached hydrogen (secondary N) is 1. The Morgan fingerprint density at radius 3 is 2.50 bits per heavy atom. The minimum Gasteiger partial charge on any atom is -0.372 e. The van der Waals surface area contributed by atoms with E-state index in [-0.39, 0.29) is 5.91 Å². The molecule has 0 aliphatic carbocycles. The molecule has 2 rings (SSSR count). The van der Waals surface area contributed by atoms with E-state index in [2.05, 4.69) is 29.4 Å².